The first-order valence-corrected chi connectivity index (χ1v) is 7.30. The minimum Gasteiger partial charge on any atom is -0.406 e. The second-order valence-corrected chi connectivity index (χ2v) is 5.58. The molecule has 8 heteroatoms. The number of rotatable bonds is 5. The molecule has 2 rings (SSSR count). The molecule has 138 valence electrons. The molecular formula is C16H23Cl2F3N2O. The van der Waals surface area contributed by atoms with Gasteiger partial charge in [-0.3, -0.25) is 4.90 Å². The molecule has 1 N–H and O–H groups in total. The van der Waals surface area contributed by atoms with E-state index in [1.54, 1.807) is 6.07 Å². The van der Waals surface area contributed by atoms with E-state index in [0.29, 0.717) is 0 Å². The molecule has 1 aliphatic rings. The van der Waals surface area contributed by atoms with Gasteiger partial charge in [0.2, 0.25) is 0 Å². The molecule has 0 radical (unpaired) electrons. The zero-order chi connectivity index (χ0) is 16.2. The van der Waals surface area contributed by atoms with Gasteiger partial charge in [-0.1, -0.05) is 17.7 Å². The summed E-state index contributed by atoms with van der Waals surface area (Å²) in [6.45, 7) is 9.37. The Labute approximate surface area is 153 Å². The van der Waals surface area contributed by atoms with Crippen LogP contribution in [0.2, 0.25) is 0 Å². The second kappa shape index (κ2) is 10.1. The van der Waals surface area contributed by atoms with E-state index < -0.39 is 6.36 Å². The zero-order valence-corrected chi connectivity index (χ0v) is 15.1. The van der Waals surface area contributed by atoms with Crippen LogP contribution in [0.1, 0.15) is 24.9 Å². The Morgan fingerprint density at radius 1 is 1.29 bits per heavy atom. The number of ether oxygens (including phenoxy) is 1. The monoisotopic (exact) mass is 386 g/mol. The van der Waals surface area contributed by atoms with Gasteiger partial charge >= 0.3 is 6.36 Å². The van der Waals surface area contributed by atoms with Gasteiger partial charge in [0.15, 0.2) is 0 Å². The molecule has 3 nitrogen and oxygen atoms in total. The van der Waals surface area contributed by atoms with Crippen molar-refractivity contribution in [3.05, 3.63) is 42.0 Å². The molecule has 0 saturated carbocycles. The molecule has 1 atom stereocenters. The van der Waals surface area contributed by atoms with Crippen LogP contribution in [0.15, 0.2) is 36.4 Å². The van der Waals surface area contributed by atoms with Gasteiger partial charge in [-0.15, -0.1) is 44.6 Å². The fourth-order valence-electron chi connectivity index (χ4n) is 2.70. The van der Waals surface area contributed by atoms with Crippen LogP contribution in [0, 0.1) is 0 Å². The molecule has 1 aromatic rings. The Balaban J connectivity index is 0.00000264. The summed E-state index contributed by atoms with van der Waals surface area (Å²) in [6.07, 6.45) is -3.95. The summed E-state index contributed by atoms with van der Waals surface area (Å²) in [5.41, 5.74) is 1.83. The predicted octanol–water partition coefficient (Wildman–Crippen LogP) is 4.34. The second-order valence-electron chi connectivity index (χ2n) is 5.58. The maximum atomic E-state index is 12.4. The molecule has 24 heavy (non-hydrogen) atoms. The molecule has 0 unspecified atom stereocenters. The normalized spacial score (nSPS) is 16.5. The van der Waals surface area contributed by atoms with E-state index in [-0.39, 0.29) is 36.6 Å². The van der Waals surface area contributed by atoms with Crippen LogP contribution >= 0.6 is 24.8 Å². The average molecular weight is 387 g/mol. The highest BCUT2D eigenvalue weighted by Gasteiger charge is 2.31. The minimum absolute atomic E-state index is 0. The van der Waals surface area contributed by atoms with E-state index in [0.717, 1.165) is 43.7 Å². The van der Waals surface area contributed by atoms with E-state index >= 15 is 0 Å². The van der Waals surface area contributed by atoms with Crippen molar-refractivity contribution in [2.75, 3.05) is 26.2 Å². The SMILES string of the molecule is C=C(C)C[C@@H](c1cccc(OC(F)(F)F)c1)N1CCNCC1.Cl.Cl. The van der Waals surface area contributed by atoms with Crippen LogP contribution in [-0.4, -0.2) is 37.4 Å². The van der Waals surface area contributed by atoms with Crippen molar-refractivity contribution in [1.82, 2.24) is 10.2 Å². The van der Waals surface area contributed by atoms with E-state index in [2.05, 4.69) is 21.5 Å². The van der Waals surface area contributed by atoms with E-state index in [1.807, 2.05) is 13.0 Å². The molecule has 1 aromatic carbocycles. The zero-order valence-electron chi connectivity index (χ0n) is 13.4. The quantitative estimate of drug-likeness (QED) is 0.761. The number of halogens is 5. The summed E-state index contributed by atoms with van der Waals surface area (Å²) >= 11 is 0. The molecule has 0 bridgehead atoms. The van der Waals surface area contributed by atoms with Crippen LogP contribution in [-0.2, 0) is 0 Å². The first-order chi connectivity index (χ1) is 10.3. The lowest BCUT2D eigenvalue weighted by molar-refractivity contribution is -0.274. The standard InChI is InChI=1S/C16H21F3N2O.2ClH/c1-12(2)10-15(21-8-6-20-7-9-21)13-4-3-5-14(11-13)22-16(17,18)19;;/h3-5,11,15,20H,1,6-10H2,2H3;2*1H/t15-;;/m0../s1. The third kappa shape index (κ3) is 7.30. The van der Waals surface area contributed by atoms with E-state index in [1.165, 1.54) is 12.1 Å². The summed E-state index contributed by atoms with van der Waals surface area (Å²) in [6, 6.07) is 6.27. The van der Waals surface area contributed by atoms with Crippen molar-refractivity contribution in [3.63, 3.8) is 0 Å². The Hall–Kier alpha value is -0.950. The molecule has 1 aliphatic heterocycles. The maximum absolute atomic E-state index is 12.4. The average Bonchev–Trinajstić information content (AvgIpc) is 2.44. The minimum atomic E-state index is -4.67. The van der Waals surface area contributed by atoms with Crippen molar-refractivity contribution in [1.29, 1.82) is 0 Å². The largest absolute Gasteiger partial charge is 0.573 e. The third-order valence-electron chi connectivity index (χ3n) is 3.61. The fraction of sp³-hybridized carbons (Fsp3) is 0.500. The number of piperazine rings is 1. The molecule has 1 saturated heterocycles. The molecule has 0 amide bonds. The molecule has 0 spiro atoms. The molecule has 1 fully saturated rings. The van der Waals surface area contributed by atoms with Gasteiger partial charge < -0.3 is 10.1 Å². The van der Waals surface area contributed by atoms with Gasteiger partial charge in [-0.2, -0.15) is 0 Å². The lowest BCUT2D eigenvalue weighted by Crippen LogP contribution is -2.45. The van der Waals surface area contributed by atoms with E-state index in [9.17, 15) is 13.2 Å². The Kier molecular flexibility index (Phi) is 9.73. The van der Waals surface area contributed by atoms with Gasteiger partial charge in [0.25, 0.3) is 0 Å². The van der Waals surface area contributed by atoms with Crippen molar-refractivity contribution in [3.8, 4) is 5.75 Å². The number of hydrogen-bond donors (Lipinski definition) is 1. The van der Waals surface area contributed by atoms with Gasteiger partial charge in [-0.25, -0.2) is 0 Å². The van der Waals surface area contributed by atoms with Crippen LogP contribution in [0.5, 0.6) is 5.75 Å². The Morgan fingerprint density at radius 3 is 2.46 bits per heavy atom. The summed E-state index contributed by atoms with van der Waals surface area (Å²) in [5, 5.41) is 3.28. The number of alkyl halides is 3. The van der Waals surface area contributed by atoms with Crippen LogP contribution in [0.4, 0.5) is 13.2 Å². The highest BCUT2D eigenvalue weighted by atomic mass is 35.5. The fourth-order valence-corrected chi connectivity index (χ4v) is 2.70. The first kappa shape index (κ1) is 23.1. The number of nitrogens with one attached hydrogen (secondary N) is 1. The lowest BCUT2D eigenvalue weighted by atomic mass is 9.98. The summed E-state index contributed by atoms with van der Waals surface area (Å²) in [4.78, 5) is 2.28. The highest BCUT2D eigenvalue weighted by molar-refractivity contribution is 5.85. The van der Waals surface area contributed by atoms with Crippen LogP contribution in [0.25, 0.3) is 0 Å². The Bertz CT molecular complexity index is 520. The summed E-state index contributed by atoms with van der Waals surface area (Å²) < 4.78 is 41.2. The maximum Gasteiger partial charge on any atom is 0.573 e. The molecule has 1 heterocycles. The third-order valence-corrected chi connectivity index (χ3v) is 3.61. The highest BCUT2D eigenvalue weighted by Crippen LogP contribution is 2.31. The van der Waals surface area contributed by atoms with Gasteiger partial charge in [0.05, 0.1) is 0 Å². The smallest absolute Gasteiger partial charge is 0.406 e. The summed E-state index contributed by atoms with van der Waals surface area (Å²) in [5.74, 6) is -0.174. The van der Waals surface area contributed by atoms with Crippen LogP contribution < -0.4 is 10.1 Å². The first-order valence-electron chi connectivity index (χ1n) is 7.30. The topological polar surface area (TPSA) is 24.5 Å². The predicted molar refractivity (Wildman–Crippen MR) is 94.2 cm³/mol. The van der Waals surface area contributed by atoms with Gasteiger partial charge in [-0.05, 0) is 31.0 Å². The van der Waals surface area contributed by atoms with Crippen LogP contribution in [0.3, 0.4) is 0 Å². The molecular weight excluding hydrogens is 364 g/mol. The van der Waals surface area contributed by atoms with Crippen molar-refractivity contribution in [2.45, 2.75) is 25.7 Å². The lowest BCUT2D eigenvalue weighted by Gasteiger charge is -2.35. The van der Waals surface area contributed by atoms with Crippen molar-refractivity contribution in [2.24, 2.45) is 0 Å². The van der Waals surface area contributed by atoms with Crippen molar-refractivity contribution >= 4 is 24.8 Å². The molecule has 0 aliphatic carbocycles. The van der Waals surface area contributed by atoms with E-state index in [4.69, 9.17) is 0 Å². The molecule has 0 aromatic heterocycles. The van der Waals surface area contributed by atoms with Gasteiger partial charge in [0.1, 0.15) is 5.75 Å². The summed E-state index contributed by atoms with van der Waals surface area (Å²) in [7, 11) is 0. The number of benzene rings is 1. The van der Waals surface area contributed by atoms with Crippen molar-refractivity contribution < 1.29 is 17.9 Å². The number of hydrogen-bond acceptors (Lipinski definition) is 3. The number of nitrogens with zero attached hydrogens (tertiary/aromatic N) is 1. The Morgan fingerprint density at radius 2 is 1.92 bits per heavy atom. The van der Waals surface area contributed by atoms with Gasteiger partial charge in [0, 0.05) is 32.2 Å².